The summed E-state index contributed by atoms with van der Waals surface area (Å²) in [5, 5.41) is 9.05. The van der Waals surface area contributed by atoms with Gasteiger partial charge in [-0.1, -0.05) is 24.3 Å². The van der Waals surface area contributed by atoms with Gasteiger partial charge in [-0.15, -0.1) is 0 Å². The van der Waals surface area contributed by atoms with Crippen molar-refractivity contribution in [3.8, 4) is 11.3 Å². The average molecular weight is 255 g/mol. The largest absolute Gasteiger partial charge is 0.477 e. The van der Waals surface area contributed by atoms with Crippen molar-refractivity contribution in [2.24, 2.45) is 7.05 Å². The minimum atomic E-state index is -0.953. The highest BCUT2D eigenvalue weighted by molar-refractivity contribution is 5.86. The van der Waals surface area contributed by atoms with E-state index in [0.717, 1.165) is 16.8 Å². The average Bonchev–Trinajstić information content (AvgIpc) is 2.90. The lowest BCUT2D eigenvalue weighted by Gasteiger charge is -2.00. The zero-order chi connectivity index (χ0) is 13.6. The zero-order valence-electron chi connectivity index (χ0n) is 10.7. The number of hydrogen-bond donors (Lipinski definition) is 1. The maximum atomic E-state index is 11.0. The number of aromatic carboxylic acids is 1. The van der Waals surface area contributed by atoms with Crippen molar-refractivity contribution in [3.63, 3.8) is 0 Å². The van der Waals surface area contributed by atoms with E-state index >= 15 is 0 Å². The summed E-state index contributed by atoms with van der Waals surface area (Å²) in [5.41, 5.74) is 3.27. The van der Waals surface area contributed by atoms with Crippen LogP contribution in [0.1, 0.15) is 16.1 Å². The van der Waals surface area contributed by atoms with Crippen molar-refractivity contribution in [2.45, 2.75) is 6.92 Å². The lowest BCUT2D eigenvalue weighted by molar-refractivity contribution is 0.0687. The highest BCUT2D eigenvalue weighted by atomic mass is 16.4. The van der Waals surface area contributed by atoms with Gasteiger partial charge in [0.2, 0.25) is 5.78 Å². The molecule has 0 atom stereocenters. The molecule has 0 amide bonds. The molecule has 0 radical (unpaired) electrons. The second kappa shape index (κ2) is 3.98. The van der Waals surface area contributed by atoms with Crippen molar-refractivity contribution in [1.82, 2.24) is 14.0 Å². The Morgan fingerprint density at radius 2 is 2.00 bits per heavy atom. The molecule has 0 saturated heterocycles. The maximum absolute atomic E-state index is 11.0. The second-order valence-electron chi connectivity index (χ2n) is 4.53. The van der Waals surface area contributed by atoms with Crippen LogP contribution in [0.25, 0.3) is 17.0 Å². The molecule has 0 saturated carbocycles. The number of imidazole rings is 2. The molecule has 5 nitrogen and oxygen atoms in total. The first kappa shape index (κ1) is 11.5. The monoisotopic (exact) mass is 255 g/mol. The van der Waals surface area contributed by atoms with Gasteiger partial charge in [0.05, 0.1) is 5.69 Å². The van der Waals surface area contributed by atoms with E-state index in [4.69, 9.17) is 5.11 Å². The van der Waals surface area contributed by atoms with Gasteiger partial charge in [0.15, 0.2) is 0 Å². The summed E-state index contributed by atoms with van der Waals surface area (Å²) in [5.74, 6) is -0.332. The molecule has 0 bridgehead atoms. The number of nitrogens with zero attached hydrogens (tertiary/aromatic N) is 3. The number of carboxylic acid groups (broad SMARTS) is 1. The molecular weight excluding hydrogens is 242 g/mol. The van der Waals surface area contributed by atoms with Crippen LogP contribution in [0.5, 0.6) is 0 Å². The Hall–Kier alpha value is -2.56. The molecule has 0 fully saturated rings. The molecule has 3 aromatic rings. The Balaban J connectivity index is 2.19. The van der Waals surface area contributed by atoms with E-state index in [0.29, 0.717) is 5.78 Å². The Bertz CT molecular complexity index is 783. The van der Waals surface area contributed by atoms with Gasteiger partial charge in [-0.05, 0) is 12.5 Å². The van der Waals surface area contributed by atoms with E-state index in [-0.39, 0.29) is 5.69 Å². The van der Waals surface area contributed by atoms with E-state index in [9.17, 15) is 4.79 Å². The van der Waals surface area contributed by atoms with Crippen LogP contribution in [0, 0.1) is 6.92 Å². The van der Waals surface area contributed by atoms with Crippen LogP contribution in [0.4, 0.5) is 0 Å². The zero-order valence-corrected chi connectivity index (χ0v) is 10.7. The molecule has 0 aliphatic rings. The van der Waals surface area contributed by atoms with Crippen molar-refractivity contribution < 1.29 is 9.90 Å². The SMILES string of the molecule is Cc1ccccc1-c1cn2cc(C(=O)O)n(C)c2n1. The van der Waals surface area contributed by atoms with E-state index in [2.05, 4.69) is 4.98 Å². The summed E-state index contributed by atoms with van der Waals surface area (Å²) < 4.78 is 3.31. The summed E-state index contributed by atoms with van der Waals surface area (Å²) in [6.45, 7) is 2.03. The van der Waals surface area contributed by atoms with Crippen molar-refractivity contribution in [1.29, 1.82) is 0 Å². The first-order valence-electron chi connectivity index (χ1n) is 5.91. The fourth-order valence-corrected chi connectivity index (χ4v) is 2.24. The number of hydrogen-bond acceptors (Lipinski definition) is 2. The van der Waals surface area contributed by atoms with Gasteiger partial charge in [-0.25, -0.2) is 9.78 Å². The van der Waals surface area contributed by atoms with Gasteiger partial charge in [0.25, 0.3) is 0 Å². The number of rotatable bonds is 2. The molecule has 2 heterocycles. The minimum Gasteiger partial charge on any atom is -0.477 e. The predicted octanol–water partition coefficient (Wildman–Crippen LogP) is 2.35. The highest BCUT2D eigenvalue weighted by Crippen LogP contribution is 2.23. The van der Waals surface area contributed by atoms with Crippen molar-refractivity contribution in [3.05, 3.63) is 47.9 Å². The summed E-state index contributed by atoms with van der Waals surface area (Å²) in [6.07, 6.45) is 3.43. The third kappa shape index (κ3) is 1.71. The normalized spacial score (nSPS) is 11.1. The third-order valence-electron chi connectivity index (χ3n) is 3.28. The molecule has 5 heteroatoms. The van der Waals surface area contributed by atoms with Crippen molar-refractivity contribution in [2.75, 3.05) is 0 Å². The second-order valence-corrected chi connectivity index (χ2v) is 4.53. The Kier molecular flexibility index (Phi) is 2.41. The molecule has 0 aliphatic carbocycles. The number of benzene rings is 1. The first-order valence-corrected chi connectivity index (χ1v) is 5.91. The Labute approximate surface area is 109 Å². The Morgan fingerprint density at radius 3 is 2.63 bits per heavy atom. The molecule has 2 aromatic heterocycles. The van der Waals surface area contributed by atoms with Crippen LogP contribution in [-0.2, 0) is 7.05 Å². The number of carboxylic acids is 1. The van der Waals surface area contributed by atoms with Gasteiger partial charge >= 0.3 is 5.97 Å². The molecule has 1 N–H and O–H groups in total. The summed E-state index contributed by atoms with van der Waals surface area (Å²) >= 11 is 0. The van der Waals surface area contributed by atoms with Crippen molar-refractivity contribution >= 4 is 11.7 Å². The number of fused-ring (bicyclic) bond motifs is 1. The highest BCUT2D eigenvalue weighted by Gasteiger charge is 2.15. The van der Waals surface area contributed by atoms with Gasteiger partial charge < -0.3 is 9.67 Å². The van der Waals surface area contributed by atoms with E-state index in [1.54, 1.807) is 22.2 Å². The fraction of sp³-hybridized carbons (Fsp3) is 0.143. The van der Waals surface area contributed by atoms with Gasteiger partial charge in [0.1, 0.15) is 5.69 Å². The third-order valence-corrected chi connectivity index (χ3v) is 3.28. The lowest BCUT2D eigenvalue weighted by Crippen LogP contribution is -2.04. The number of carbonyl (C=O) groups is 1. The summed E-state index contributed by atoms with van der Waals surface area (Å²) in [6, 6.07) is 7.99. The van der Waals surface area contributed by atoms with E-state index < -0.39 is 5.97 Å². The smallest absolute Gasteiger partial charge is 0.354 e. The topological polar surface area (TPSA) is 59.5 Å². The summed E-state index contributed by atoms with van der Waals surface area (Å²) in [4.78, 5) is 15.5. The first-order chi connectivity index (χ1) is 9.08. The standard InChI is InChI=1S/C14H13N3O2/c1-9-5-3-4-6-10(9)11-7-17-8-12(13(18)19)16(2)14(17)15-11/h3-8H,1-2H3,(H,18,19). The van der Waals surface area contributed by atoms with Gasteiger partial charge in [-0.3, -0.25) is 4.40 Å². The molecule has 96 valence electrons. The minimum absolute atomic E-state index is 0.221. The quantitative estimate of drug-likeness (QED) is 0.764. The number of aryl methyl sites for hydroxylation is 2. The van der Waals surface area contributed by atoms with Crippen LogP contribution >= 0.6 is 0 Å². The molecule has 19 heavy (non-hydrogen) atoms. The number of aromatic nitrogens is 3. The molecular formula is C14H13N3O2. The van der Waals surface area contributed by atoms with E-state index in [1.807, 2.05) is 37.4 Å². The maximum Gasteiger partial charge on any atom is 0.354 e. The summed E-state index contributed by atoms with van der Waals surface area (Å²) in [7, 11) is 1.70. The molecule has 3 rings (SSSR count). The van der Waals surface area contributed by atoms with Crippen LogP contribution in [0.2, 0.25) is 0 Å². The van der Waals surface area contributed by atoms with E-state index in [1.165, 1.54) is 0 Å². The molecule has 0 spiro atoms. The fourth-order valence-electron chi connectivity index (χ4n) is 2.24. The molecule has 1 aromatic carbocycles. The van der Waals surface area contributed by atoms with Crippen LogP contribution < -0.4 is 0 Å². The van der Waals surface area contributed by atoms with Crippen LogP contribution in [0.15, 0.2) is 36.7 Å². The predicted molar refractivity (Wildman–Crippen MR) is 71.3 cm³/mol. The van der Waals surface area contributed by atoms with Gasteiger partial charge in [0, 0.05) is 25.0 Å². The lowest BCUT2D eigenvalue weighted by atomic mass is 10.1. The van der Waals surface area contributed by atoms with Gasteiger partial charge in [-0.2, -0.15) is 0 Å². The van der Waals surface area contributed by atoms with Crippen LogP contribution in [-0.4, -0.2) is 25.0 Å². The molecule has 0 aliphatic heterocycles. The molecule has 0 unspecified atom stereocenters. The van der Waals surface area contributed by atoms with Crippen LogP contribution in [0.3, 0.4) is 0 Å². The Morgan fingerprint density at radius 1 is 1.26 bits per heavy atom.